The van der Waals surface area contributed by atoms with Crippen molar-refractivity contribution in [1.82, 2.24) is 10.3 Å². The zero-order valence-electron chi connectivity index (χ0n) is 9.87. The summed E-state index contributed by atoms with van der Waals surface area (Å²) in [4.78, 5) is 4.01. The van der Waals surface area contributed by atoms with Gasteiger partial charge in [-0.05, 0) is 30.5 Å². The second-order valence-corrected chi connectivity index (χ2v) is 3.98. The number of hydrogen-bond acceptors (Lipinski definition) is 2. The first kappa shape index (κ1) is 12.2. The molecule has 0 saturated carbocycles. The van der Waals surface area contributed by atoms with Crippen LogP contribution < -0.4 is 5.32 Å². The Morgan fingerprint density at radius 3 is 2.60 bits per heavy atom. The summed E-state index contributed by atoms with van der Waals surface area (Å²) in [5.74, 6) is 0. The van der Waals surface area contributed by atoms with E-state index in [0.717, 1.165) is 6.54 Å². The van der Waals surface area contributed by atoms with E-state index in [2.05, 4.69) is 36.3 Å². The lowest BCUT2D eigenvalue weighted by atomic mass is 10.1. The van der Waals surface area contributed by atoms with Gasteiger partial charge in [-0.1, -0.05) is 26.7 Å². The summed E-state index contributed by atoms with van der Waals surface area (Å²) >= 11 is 0. The van der Waals surface area contributed by atoms with Gasteiger partial charge in [0, 0.05) is 25.0 Å². The molecule has 0 aliphatic heterocycles. The van der Waals surface area contributed by atoms with E-state index in [1.807, 2.05) is 12.4 Å². The highest BCUT2D eigenvalue weighted by molar-refractivity contribution is 5.09. The SMILES string of the molecule is CCCCC(CC)NCc1ccncc1. The molecule has 0 aromatic carbocycles. The predicted octanol–water partition coefficient (Wildman–Crippen LogP) is 3.14. The van der Waals surface area contributed by atoms with Crippen LogP contribution in [-0.2, 0) is 6.54 Å². The van der Waals surface area contributed by atoms with Crippen molar-refractivity contribution < 1.29 is 0 Å². The fraction of sp³-hybridized carbons (Fsp3) is 0.615. The summed E-state index contributed by atoms with van der Waals surface area (Å²) in [5.41, 5.74) is 1.32. The maximum Gasteiger partial charge on any atom is 0.0271 e. The largest absolute Gasteiger partial charge is 0.310 e. The third kappa shape index (κ3) is 4.93. The number of pyridine rings is 1. The molecule has 1 heterocycles. The van der Waals surface area contributed by atoms with Crippen molar-refractivity contribution >= 4 is 0 Å². The molecule has 0 radical (unpaired) electrons. The highest BCUT2D eigenvalue weighted by Gasteiger charge is 2.04. The summed E-state index contributed by atoms with van der Waals surface area (Å²) in [5, 5.41) is 3.59. The van der Waals surface area contributed by atoms with E-state index in [0.29, 0.717) is 6.04 Å². The minimum absolute atomic E-state index is 0.665. The summed E-state index contributed by atoms with van der Waals surface area (Å²) in [6, 6.07) is 4.80. The van der Waals surface area contributed by atoms with Gasteiger partial charge >= 0.3 is 0 Å². The summed E-state index contributed by atoms with van der Waals surface area (Å²) in [6.45, 7) is 5.46. The third-order valence-electron chi connectivity index (χ3n) is 2.74. The number of nitrogens with one attached hydrogen (secondary N) is 1. The maximum absolute atomic E-state index is 4.01. The van der Waals surface area contributed by atoms with Gasteiger partial charge in [0.1, 0.15) is 0 Å². The summed E-state index contributed by atoms with van der Waals surface area (Å²) in [6.07, 6.45) is 8.81. The predicted molar refractivity (Wildman–Crippen MR) is 64.7 cm³/mol. The Bertz CT molecular complexity index is 246. The van der Waals surface area contributed by atoms with Crippen LogP contribution in [0.1, 0.15) is 45.1 Å². The van der Waals surface area contributed by atoms with Gasteiger partial charge in [0.15, 0.2) is 0 Å². The van der Waals surface area contributed by atoms with Crippen molar-refractivity contribution in [3.8, 4) is 0 Å². The van der Waals surface area contributed by atoms with Crippen molar-refractivity contribution in [3.63, 3.8) is 0 Å². The quantitative estimate of drug-likeness (QED) is 0.741. The Labute approximate surface area is 93.1 Å². The Morgan fingerprint density at radius 1 is 1.27 bits per heavy atom. The molecule has 2 heteroatoms. The molecule has 1 aromatic rings. The van der Waals surface area contributed by atoms with Gasteiger partial charge in [-0.25, -0.2) is 0 Å². The number of unbranched alkanes of at least 4 members (excludes halogenated alkanes) is 1. The van der Waals surface area contributed by atoms with Crippen LogP contribution in [0.3, 0.4) is 0 Å². The average molecular weight is 206 g/mol. The van der Waals surface area contributed by atoms with Crippen molar-refractivity contribution in [3.05, 3.63) is 30.1 Å². The standard InChI is InChI=1S/C13H22N2/c1-3-5-6-13(4-2)15-11-12-7-9-14-10-8-12/h7-10,13,15H,3-6,11H2,1-2H3. The van der Waals surface area contributed by atoms with Crippen LogP contribution in [0.25, 0.3) is 0 Å². The minimum Gasteiger partial charge on any atom is -0.310 e. The van der Waals surface area contributed by atoms with E-state index in [-0.39, 0.29) is 0 Å². The van der Waals surface area contributed by atoms with Gasteiger partial charge < -0.3 is 5.32 Å². The molecule has 1 atom stereocenters. The molecule has 1 aromatic heterocycles. The van der Waals surface area contributed by atoms with E-state index >= 15 is 0 Å². The molecule has 0 spiro atoms. The van der Waals surface area contributed by atoms with Gasteiger partial charge in [0.2, 0.25) is 0 Å². The second-order valence-electron chi connectivity index (χ2n) is 3.98. The average Bonchev–Trinajstić information content (AvgIpc) is 2.31. The Hall–Kier alpha value is -0.890. The molecule has 0 saturated heterocycles. The highest BCUT2D eigenvalue weighted by Crippen LogP contribution is 2.05. The normalized spacial score (nSPS) is 12.7. The molecular formula is C13H22N2. The van der Waals surface area contributed by atoms with Crippen LogP contribution in [0.15, 0.2) is 24.5 Å². The van der Waals surface area contributed by atoms with E-state index in [1.165, 1.54) is 31.2 Å². The van der Waals surface area contributed by atoms with Gasteiger partial charge in [-0.2, -0.15) is 0 Å². The first-order valence-electron chi connectivity index (χ1n) is 5.99. The Kier molecular flexibility index (Phi) is 6.02. The highest BCUT2D eigenvalue weighted by atomic mass is 14.9. The molecule has 0 fully saturated rings. The molecule has 1 unspecified atom stereocenters. The van der Waals surface area contributed by atoms with Crippen molar-refractivity contribution in [2.24, 2.45) is 0 Å². The van der Waals surface area contributed by atoms with Gasteiger partial charge in [0.25, 0.3) is 0 Å². The van der Waals surface area contributed by atoms with E-state index < -0.39 is 0 Å². The molecular weight excluding hydrogens is 184 g/mol. The maximum atomic E-state index is 4.01. The van der Waals surface area contributed by atoms with Crippen LogP contribution in [0.2, 0.25) is 0 Å². The van der Waals surface area contributed by atoms with Crippen molar-refractivity contribution in [1.29, 1.82) is 0 Å². The molecule has 84 valence electrons. The molecule has 2 nitrogen and oxygen atoms in total. The van der Waals surface area contributed by atoms with Crippen LogP contribution in [0.4, 0.5) is 0 Å². The van der Waals surface area contributed by atoms with Crippen LogP contribution in [0.5, 0.6) is 0 Å². The number of aromatic nitrogens is 1. The van der Waals surface area contributed by atoms with Gasteiger partial charge in [-0.3, -0.25) is 4.98 Å². The Balaban J connectivity index is 2.28. The molecule has 1 N–H and O–H groups in total. The fourth-order valence-electron chi connectivity index (χ4n) is 1.66. The topological polar surface area (TPSA) is 24.9 Å². The molecule has 1 rings (SSSR count). The van der Waals surface area contributed by atoms with E-state index in [4.69, 9.17) is 0 Å². The minimum atomic E-state index is 0.665. The molecule has 0 amide bonds. The lowest BCUT2D eigenvalue weighted by Gasteiger charge is -2.16. The smallest absolute Gasteiger partial charge is 0.0271 e. The van der Waals surface area contributed by atoms with E-state index in [1.54, 1.807) is 0 Å². The van der Waals surface area contributed by atoms with Crippen molar-refractivity contribution in [2.75, 3.05) is 0 Å². The number of nitrogens with zero attached hydrogens (tertiary/aromatic N) is 1. The fourth-order valence-corrected chi connectivity index (χ4v) is 1.66. The van der Waals surface area contributed by atoms with Gasteiger partial charge in [-0.15, -0.1) is 0 Å². The first-order chi connectivity index (χ1) is 7.36. The van der Waals surface area contributed by atoms with Gasteiger partial charge in [0.05, 0.1) is 0 Å². The van der Waals surface area contributed by atoms with E-state index in [9.17, 15) is 0 Å². The number of rotatable bonds is 7. The van der Waals surface area contributed by atoms with Crippen molar-refractivity contribution in [2.45, 2.75) is 52.1 Å². The zero-order valence-corrected chi connectivity index (χ0v) is 9.87. The van der Waals surface area contributed by atoms with Crippen LogP contribution >= 0.6 is 0 Å². The first-order valence-corrected chi connectivity index (χ1v) is 5.99. The van der Waals surface area contributed by atoms with Crippen LogP contribution in [-0.4, -0.2) is 11.0 Å². The summed E-state index contributed by atoms with van der Waals surface area (Å²) < 4.78 is 0. The Morgan fingerprint density at radius 2 is 2.00 bits per heavy atom. The monoisotopic (exact) mass is 206 g/mol. The molecule has 0 bridgehead atoms. The zero-order chi connectivity index (χ0) is 10.9. The molecule has 0 aliphatic rings. The lowest BCUT2D eigenvalue weighted by Crippen LogP contribution is -2.27. The molecule has 0 aliphatic carbocycles. The summed E-state index contributed by atoms with van der Waals surface area (Å²) in [7, 11) is 0. The van der Waals surface area contributed by atoms with Crippen LogP contribution in [0, 0.1) is 0 Å². The second kappa shape index (κ2) is 7.41. The molecule has 15 heavy (non-hydrogen) atoms. The lowest BCUT2D eigenvalue weighted by molar-refractivity contribution is 0.452. The number of hydrogen-bond donors (Lipinski definition) is 1. The third-order valence-corrected chi connectivity index (χ3v) is 2.74.